The zero-order chi connectivity index (χ0) is 15.5. The smallest absolute Gasteiger partial charge is 0.136 e. The molecule has 0 radical (unpaired) electrons. The minimum absolute atomic E-state index is 0.144. The molecular weight excluding hydrogens is 278 g/mol. The van der Waals surface area contributed by atoms with E-state index in [-0.39, 0.29) is 6.61 Å². The second-order valence-electron chi connectivity index (χ2n) is 4.90. The van der Waals surface area contributed by atoms with Gasteiger partial charge >= 0.3 is 0 Å². The monoisotopic (exact) mass is 293 g/mol. The third kappa shape index (κ3) is 2.41. The lowest BCUT2D eigenvalue weighted by atomic mass is 10.1. The fourth-order valence-electron chi connectivity index (χ4n) is 2.56. The largest absolute Gasteiger partial charge is 0.496 e. The molecule has 0 fully saturated rings. The summed E-state index contributed by atoms with van der Waals surface area (Å²) < 4.78 is 7.31. The number of methoxy groups -OCH3 is 1. The number of hydrogen-bond donors (Lipinski definition) is 1. The van der Waals surface area contributed by atoms with Gasteiger partial charge in [0.2, 0.25) is 0 Å². The summed E-state index contributed by atoms with van der Waals surface area (Å²) >= 11 is 0. The second-order valence-corrected chi connectivity index (χ2v) is 4.90. The van der Waals surface area contributed by atoms with Crippen LogP contribution in [0.4, 0.5) is 0 Å². The minimum Gasteiger partial charge on any atom is -0.496 e. The van der Waals surface area contributed by atoms with Crippen LogP contribution in [0.1, 0.15) is 17.0 Å². The zero-order valence-electron chi connectivity index (χ0n) is 12.2. The molecule has 0 aliphatic heterocycles. The molecule has 5 heteroatoms. The summed E-state index contributed by atoms with van der Waals surface area (Å²) in [5.74, 6) is 1.30. The first-order valence-corrected chi connectivity index (χ1v) is 6.89. The van der Waals surface area contributed by atoms with Crippen molar-refractivity contribution in [2.75, 3.05) is 7.11 Å². The van der Waals surface area contributed by atoms with Gasteiger partial charge in [-0.3, -0.25) is 0 Å². The van der Waals surface area contributed by atoms with Gasteiger partial charge in [-0.15, -0.1) is 0 Å². The standard InChI is InChI=1S/C17H15N3O2/c1-22-16-7-6-12(9-18)8-13(16)10-20-15-5-3-2-4-14(15)19-17(20)11-21/h2-8,21H,10-11H2,1H3. The lowest BCUT2D eigenvalue weighted by Gasteiger charge is -2.12. The van der Waals surface area contributed by atoms with Crippen LogP contribution in [0.2, 0.25) is 0 Å². The van der Waals surface area contributed by atoms with Crippen LogP contribution in [0.5, 0.6) is 5.75 Å². The highest BCUT2D eigenvalue weighted by Gasteiger charge is 2.12. The Hall–Kier alpha value is -2.84. The van der Waals surface area contributed by atoms with Crippen LogP contribution >= 0.6 is 0 Å². The van der Waals surface area contributed by atoms with Gasteiger partial charge in [-0.2, -0.15) is 5.26 Å². The SMILES string of the molecule is COc1ccc(C#N)cc1Cn1c(CO)nc2ccccc21. The molecular formula is C17H15N3O2. The molecule has 22 heavy (non-hydrogen) atoms. The predicted molar refractivity (Wildman–Crippen MR) is 82.5 cm³/mol. The van der Waals surface area contributed by atoms with Gasteiger partial charge in [-0.1, -0.05) is 12.1 Å². The van der Waals surface area contributed by atoms with Crippen LogP contribution in [-0.2, 0) is 13.2 Å². The van der Waals surface area contributed by atoms with Gasteiger partial charge in [-0.05, 0) is 30.3 Å². The third-order valence-electron chi connectivity index (χ3n) is 3.61. The Morgan fingerprint density at radius 1 is 1.27 bits per heavy atom. The summed E-state index contributed by atoms with van der Waals surface area (Å²) in [6.07, 6.45) is 0. The predicted octanol–water partition coefficient (Wildman–Crippen LogP) is 2.46. The van der Waals surface area contributed by atoms with Gasteiger partial charge in [0.1, 0.15) is 18.2 Å². The minimum atomic E-state index is -0.144. The first-order valence-electron chi connectivity index (χ1n) is 6.89. The van der Waals surface area contributed by atoms with Crippen molar-refractivity contribution >= 4 is 11.0 Å². The molecule has 1 aromatic heterocycles. The van der Waals surface area contributed by atoms with Crippen molar-refractivity contribution in [3.63, 3.8) is 0 Å². The Morgan fingerprint density at radius 3 is 2.82 bits per heavy atom. The average Bonchev–Trinajstić information content (AvgIpc) is 2.92. The molecule has 2 aromatic carbocycles. The molecule has 0 atom stereocenters. The zero-order valence-corrected chi connectivity index (χ0v) is 12.2. The third-order valence-corrected chi connectivity index (χ3v) is 3.61. The molecule has 5 nitrogen and oxygen atoms in total. The Balaban J connectivity index is 2.12. The molecule has 1 N–H and O–H groups in total. The van der Waals surface area contributed by atoms with Crippen molar-refractivity contribution in [3.05, 3.63) is 59.4 Å². The van der Waals surface area contributed by atoms with Gasteiger partial charge in [0.15, 0.2) is 0 Å². The molecule has 1 heterocycles. The highest BCUT2D eigenvalue weighted by Crippen LogP contribution is 2.24. The van der Waals surface area contributed by atoms with E-state index in [0.29, 0.717) is 23.7 Å². The normalized spacial score (nSPS) is 10.6. The van der Waals surface area contributed by atoms with E-state index in [9.17, 15) is 5.11 Å². The summed E-state index contributed by atoms with van der Waals surface area (Å²) in [5.41, 5.74) is 3.23. The van der Waals surface area contributed by atoms with Crippen molar-refractivity contribution in [1.82, 2.24) is 9.55 Å². The maximum Gasteiger partial charge on any atom is 0.136 e. The van der Waals surface area contributed by atoms with Crippen LogP contribution in [-0.4, -0.2) is 21.8 Å². The molecule has 0 amide bonds. The molecule has 0 aliphatic carbocycles. The van der Waals surface area contributed by atoms with E-state index in [1.54, 1.807) is 25.3 Å². The number of benzene rings is 2. The number of nitriles is 1. The summed E-state index contributed by atoms with van der Waals surface area (Å²) in [6.45, 7) is 0.337. The highest BCUT2D eigenvalue weighted by molar-refractivity contribution is 5.76. The van der Waals surface area contributed by atoms with Crippen LogP contribution in [0, 0.1) is 11.3 Å². The van der Waals surface area contributed by atoms with Crippen LogP contribution in [0.3, 0.4) is 0 Å². The number of para-hydroxylation sites is 2. The molecule has 0 saturated carbocycles. The van der Waals surface area contributed by atoms with Gasteiger partial charge in [0.25, 0.3) is 0 Å². The van der Waals surface area contributed by atoms with Gasteiger partial charge < -0.3 is 14.4 Å². The fourth-order valence-corrected chi connectivity index (χ4v) is 2.56. The van der Waals surface area contributed by atoms with E-state index in [0.717, 1.165) is 16.6 Å². The Bertz CT molecular complexity index is 862. The number of aliphatic hydroxyl groups is 1. The van der Waals surface area contributed by atoms with Crippen molar-refractivity contribution in [3.8, 4) is 11.8 Å². The fraction of sp³-hybridized carbons (Fsp3) is 0.176. The maximum atomic E-state index is 9.56. The van der Waals surface area contributed by atoms with Crippen LogP contribution < -0.4 is 4.74 Å². The molecule has 3 rings (SSSR count). The topological polar surface area (TPSA) is 71.1 Å². The Morgan fingerprint density at radius 2 is 2.09 bits per heavy atom. The molecule has 0 saturated heterocycles. The first kappa shape index (κ1) is 14.1. The van der Waals surface area contributed by atoms with E-state index in [4.69, 9.17) is 10.00 Å². The first-order chi connectivity index (χ1) is 10.8. The maximum absolute atomic E-state index is 9.56. The van der Waals surface area contributed by atoms with Gasteiger partial charge in [0, 0.05) is 5.56 Å². The Kier molecular flexibility index (Phi) is 3.77. The molecule has 0 bridgehead atoms. The van der Waals surface area contributed by atoms with E-state index < -0.39 is 0 Å². The van der Waals surface area contributed by atoms with Crippen LogP contribution in [0.25, 0.3) is 11.0 Å². The van der Waals surface area contributed by atoms with E-state index in [2.05, 4.69) is 11.1 Å². The lowest BCUT2D eigenvalue weighted by Crippen LogP contribution is -2.06. The molecule has 0 aliphatic rings. The number of ether oxygens (including phenoxy) is 1. The summed E-state index contributed by atoms with van der Waals surface area (Å²) in [5, 5.41) is 18.6. The summed E-state index contributed by atoms with van der Waals surface area (Å²) in [6, 6.07) is 15.2. The Labute approximate surface area is 128 Å². The number of nitrogens with zero attached hydrogens (tertiary/aromatic N) is 3. The summed E-state index contributed by atoms with van der Waals surface area (Å²) in [4.78, 5) is 4.43. The molecule has 0 spiro atoms. The van der Waals surface area contributed by atoms with Crippen molar-refractivity contribution < 1.29 is 9.84 Å². The number of imidazole rings is 1. The highest BCUT2D eigenvalue weighted by atomic mass is 16.5. The van der Waals surface area contributed by atoms with Crippen molar-refractivity contribution in [2.45, 2.75) is 13.2 Å². The second kappa shape index (κ2) is 5.88. The van der Waals surface area contributed by atoms with Gasteiger partial charge in [-0.25, -0.2) is 4.98 Å². The van der Waals surface area contributed by atoms with Crippen molar-refractivity contribution in [2.24, 2.45) is 0 Å². The van der Waals surface area contributed by atoms with Crippen molar-refractivity contribution in [1.29, 1.82) is 5.26 Å². The number of fused-ring (bicyclic) bond motifs is 1. The molecule has 0 unspecified atom stereocenters. The van der Waals surface area contributed by atoms with E-state index in [1.165, 1.54) is 0 Å². The van der Waals surface area contributed by atoms with Crippen LogP contribution in [0.15, 0.2) is 42.5 Å². The molecule has 3 aromatic rings. The number of hydrogen-bond acceptors (Lipinski definition) is 4. The number of aliphatic hydroxyl groups excluding tert-OH is 1. The summed E-state index contributed by atoms with van der Waals surface area (Å²) in [7, 11) is 1.60. The lowest BCUT2D eigenvalue weighted by molar-refractivity contribution is 0.266. The number of aromatic nitrogens is 2. The van der Waals surface area contributed by atoms with E-state index in [1.807, 2.05) is 28.8 Å². The van der Waals surface area contributed by atoms with Gasteiger partial charge in [0.05, 0.1) is 36.3 Å². The average molecular weight is 293 g/mol. The van der Waals surface area contributed by atoms with E-state index >= 15 is 0 Å². The molecule has 110 valence electrons. The number of rotatable bonds is 4. The quantitative estimate of drug-likeness (QED) is 0.802.